The second-order valence-corrected chi connectivity index (χ2v) is 5.53. The van der Waals surface area contributed by atoms with Gasteiger partial charge in [-0.3, -0.25) is 4.98 Å². The molecule has 26 heavy (non-hydrogen) atoms. The van der Waals surface area contributed by atoms with Gasteiger partial charge >= 0.3 is 6.18 Å². The number of nitrogens with two attached hydrogens (primary N) is 1. The van der Waals surface area contributed by atoms with E-state index < -0.39 is 17.6 Å². The Hall–Kier alpha value is -3.49. The third-order valence-electron chi connectivity index (χ3n) is 3.84. The van der Waals surface area contributed by atoms with E-state index in [1.54, 1.807) is 30.6 Å². The summed E-state index contributed by atoms with van der Waals surface area (Å²) in [4.78, 5) is 11.9. The molecular formula is C17H11F3N6. The molecule has 0 aliphatic rings. The molecule has 0 saturated carbocycles. The summed E-state index contributed by atoms with van der Waals surface area (Å²) in [6.07, 6.45) is 1.41. The van der Waals surface area contributed by atoms with Gasteiger partial charge < -0.3 is 5.73 Å². The number of imidazole rings is 1. The van der Waals surface area contributed by atoms with Crippen LogP contribution in [-0.2, 0) is 6.18 Å². The first-order valence-corrected chi connectivity index (χ1v) is 7.52. The Morgan fingerprint density at radius 1 is 0.962 bits per heavy atom. The second-order valence-electron chi connectivity index (χ2n) is 5.53. The fraction of sp³-hybridized carbons (Fsp3) is 0.0588. The molecule has 0 aliphatic carbocycles. The zero-order chi connectivity index (χ0) is 18.3. The minimum Gasteiger partial charge on any atom is -0.383 e. The lowest BCUT2D eigenvalue weighted by Crippen LogP contribution is -2.10. The summed E-state index contributed by atoms with van der Waals surface area (Å²) in [5.41, 5.74) is 6.86. The Bertz CT molecular complexity index is 1090. The van der Waals surface area contributed by atoms with E-state index in [9.17, 15) is 13.2 Å². The first-order valence-electron chi connectivity index (χ1n) is 7.52. The number of fused-ring (bicyclic) bond motifs is 1. The molecule has 0 aromatic carbocycles. The molecule has 0 atom stereocenters. The predicted octanol–water partition coefficient (Wildman–Crippen LogP) is 3.45. The monoisotopic (exact) mass is 356 g/mol. The highest BCUT2D eigenvalue weighted by atomic mass is 19.4. The molecule has 0 aliphatic heterocycles. The number of nitrogens with zero attached hydrogens (tertiary/aromatic N) is 5. The fourth-order valence-electron chi connectivity index (χ4n) is 2.58. The molecule has 0 bridgehead atoms. The van der Waals surface area contributed by atoms with Gasteiger partial charge in [0.2, 0.25) is 0 Å². The summed E-state index contributed by atoms with van der Waals surface area (Å²) in [6, 6.07) is 8.06. The molecule has 0 fully saturated rings. The van der Waals surface area contributed by atoms with E-state index in [1.165, 1.54) is 16.9 Å². The van der Waals surface area contributed by atoms with Gasteiger partial charge in [0.25, 0.3) is 0 Å². The van der Waals surface area contributed by atoms with Gasteiger partial charge in [0, 0.05) is 29.7 Å². The third kappa shape index (κ3) is 2.73. The topological polar surface area (TPSA) is 82.0 Å². The summed E-state index contributed by atoms with van der Waals surface area (Å²) in [5.74, 6) is -0.570. The molecule has 2 N–H and O–H groups in total. The lowest BCUT2D eigenvalue weighted by atomic mass is 10.1. The first kappa shape index (κ1) is 16.0. The van der Waals surface area contributed by atoms with Gasteiger partial charge in [-0.2, -0.15) is 18.3 Å². The Morgan fingerprint density at radius 3 is 2.54 bits per heavy atom. The zero-order valence-corrected chi connectivity index (χ0v) is 13.1. The van der Waals surface area contributed by atoms with Crippen LogP contribution in [0.4, 0.5) is 19.0 Å². The maximum Gasteiger partial charge on any atom is 0.419 e. The van der Waals surface area contributed by atoms with Crippen LogP contribution >= 0.6 is 0 Å². The van der Waals surface area contributed by atoms with E-state index in [0.717, 1.165) is 11.6 Å². The molecule has 9 heteroatoms. The van der Waals surface area contributed by atoms with Gasteiger partial charge in [-0.25, -0.2) is 14.5 Å². The van der Waals surface area contributed by atoms with Crippen LogP contribution in [0.1, 0.15) is 5.56 Å². The number of rotatable bonds is 2. The number of anilines is 1. The van der Waals surface area contributed by atoms with E-state index in [-0.39, 0.29) is 5.56 Å². The standard InChI is InChI=1S/C17H11F3N6/c18-17(19,20)12-6-11(8-24-16(12)21)14-9-23-15-4-3-13(25-26(14)15)10-2-1-5-22-7-10/h1-9H,(H2,21,24). The molecule has 0 radical (unpaired) electrons. The van der Waals surface area contributed by atoms with Gasteiger partial charge in [0.15, 0.2) is 5.65 Å². The van der Waals surface area contributed by atoms with Crippen molar-refractivity contribution in [3.05, 3.63) is 60.7 Å². The average molecular weight is 356 g/mol. The number of halogens is 3. The second kappa shape index (κ2) is 5.80. The molecule has 130 valence electrons. The van der Waals surface area contributed by atoms with E-state index in [0.29, 0.717) is 17.0 Å². The summed E-state index contributed by atoms with van der Waals surface area (Å²) < 4.78 is 40.8. The summed E-state index contributed by atoms with van der Waals surface area (Å²) in [6.45, 7) is 0. The summed E-state index contributed by atoms with van der Waals surface area (Å²) in [5, 5.41) is 4.47. The van der Waals surface area contributed by atoms with Crippen LogP contribution in [-0.4, -0.2) is 24.6 Å². The lowest BCUT2D eigenvalue weighted by molar-refractivity contribution is -0.137. The number of pyridine rings is 2. The molecule has 4 aromatic heterocycles. The maximum atomic E-state index is 13.1. The van der Waals surface area contributed by atoms with Gasteiger partial charge in [-0.15, -0.1) is 0 Å². The lowest BCUT2D eigenvalue weighted by Gasteiger charge is -2.10. The van der Waals surface area contributed by atoms with Crippen molar-refractivity contribution in [2.45, 2.75) is 6.18 Å². The van der Waals surface area contributed by atoms with Crippen molar-refractivity contribution in [2.24, 2.45) is 0 Å². The van der Waals surface area contributed by atoms with Gasteiger partial charge in [-0.1, -0.05) is 0 Å². The molecule has 0 unspecified atom stereocenters. The normalized spacial score (nSPS) is 11.8. The Labute approximate surface area is 145 Å². The minimum atomic E-state index is -4.60. The number of aromatic nitrogens is 5. The van der Waals surface area contributed by atoms with Crippen LogP contribution in [0, 0.1) is 0 Å². The average Bonchev–Trinajstić information content (AvgIpc) is 3.05. The molecule has 0 amide bonds. The van der Waals surface area contributed by atoms with Crippen molar-refractivity contribution in [1.29, 1.82) is 0 Å². The SMILES string of the molecule is Nc1ncc(-c2cnc3ccc(-c4cccnc4)nn23)cc1C(F)(F)F. The van der Waals surface area contributed by atoms with Crippen molar-refractivity contribution in [3.63, 3.8) is 0 Å². The Morgan fingerprint density at radius 2 is 1.81 bits per heavy atom. The Balaban J connectivity index is 1.88. The van der Waals surface area contributed by atoms with Crippen molar-refractivity contribution >= 4 is 11.5 Å². The van der Waals surface area contributed by atoms with Gasteiger partial charge in [0.1, 0.15) is 5.82 Å². The number of nitrogen functional groups attached to an aromatic ring is 1. The maximum absolute atomic E-state index is 13.1. The predicted molar refractivity (Wildman–Crippen MR) is 88.9 cm³/mol. The highest BCUT2D eigenvalue weighted by molar-refractivity contribution is 5.67. The molecular weight excluding hydrogens is 345 g/mol. The molecule has 0 saturated heterocycles. The van der Waals surface area contributed by atoms with Crippen LogP contribution < -0.4 is 5.73 Å². The van der Waals surface area contributed by atoms with Crippen LogP contribution in [0.3, 0.4) is 0 Å². The van der Waals surface area contributed by atoms with Crippen LogP contribution in [0.15, 0.2) is 55.1 Å². The fourth-order valence-corrected chi connectivity index (χ4v) is 2.58. The van der Waals surface area contributed by atoms with Crippen LogP contribution in [0.5, 0.6) is 0 Å². The smallest absolute Gasteiger partial charge is 0.383 e. The van der Waals surface area contributed by atoms with Crippen molar-refractivity contribution in [3.8, 4) is 22.5 Å². The summed E-state index contributed by atoms with van der Waals surface area (Å²) in [7, 11) is 0. The van der Waals surface area contributed by atoms with Gasteiger partial charge in [0.05, 0.1) is 23.1 Å². The van der Waals surface area contributed by atoms with Crippen molar-refractivity contribution in [2.75, 3.05) is 5.73 Å². The highest BCUT2D eigenvalue weighted by Crippen LogP contribution is 2.35. The van der Waals surface area contributed by atoms with Crippen LogP contribution in [0.2, 0.25) is 0 Å². The Kier molecular flexibility index (Phi) is 3.57. The van der Waals surface area contributed by atoms with E-state index >= 15 is 0 Å². The van der Waals surface area contributed by atoms with E-state index in [2.05, 4.69) is 20.1 Å². The molecule has 4 rings (SSSR count). The summed E-state index contributed by atoms with van der Waals surface area (Å²) >= 11 is 0. The van der Waals surface area contributed by atoms with Crippen molar-refractivity contribution < 1.29 is 13.2 Å². The highest BCUT2D eigenvalue weighted by Gasteiger charge is 2.34. The number of hydrogen-bond acceptors (Lipinski definition) is 5. The third-order valence-corrected chi connectivity index (χ3v) is 3.84. The number of hydrogen-bond donors (Lipinski definition) is 1. The van der Waals surface area contributed by atoms with E-state index in [4.69, 9.17) is 5.73 Å². The minimum absolute atomic E-state index is 0.217. The number of alkyl halides is 3. The van der Waals surface area contributed by atoms with Crippen LogP contribution in [0.25, 0.3) is 28.2 Å². The molecule has 4 aromatic rings. The molecule has 0 spiro atoms. The van der Waals surface area contributed by atoms with Crippen molar-refractivity contribution in [1.82, 2.24) is 24.6 Å². The zero-order valence-electron chi connectivity index (χ0n) is 13.1. The molecule has 4 heterocycles. The first-order chi connectivity index (χ1) is 12.4. The largest absolute Gasteiger partial charge is 0.419 e. The quantitative estimate of drug-likeness (QED) is 0.595. The van der Waals surface area contributed by atoms with E-state index in [1.807, 2.05) is 6.07 Å². The molecule has 6 nitrogen and oxygen atoms in total. The van der Waals surface area contributed by atoms with Gasteiger partial charge in [-0.05, 0) is 30.3 Å².